The number of fused-ring (bicyclic) bond motifs is 2. The van der Waals surface area contributed by atoms with Crippen molar-refractivity contribution in [2.45, 2.75) is 32.3 Å². The van der Waals surface area contributed by atoms with Crippen molar-refractivity contribution in [3.63, 3.8) is 0 Å². The first-order valence-corrected chi connectivity index (χ1v) is 9.69. The Morgan fingerprint density at radius 1 is 1.11 bits per heavy atom. The number of carboxylic acids is 1. The van der Waals surface area contributed by atoms with Crippen LogP contribution in [0.25, 0.3) is 5.57 Å². The standard InChI is InChI=1S/C23H25NO3/c25-23(26)15-17-9-10-22-21(14-17)20(8-5-13-24-11-3-4-12-24)19-7-2-1-6-18(19)16-27-22/h1-2,6-10,14H,3-5,11-13,15-16H2,(H,25,26)/b20-8-. The second-order valence-electron chi connectivity index (χ2n) is 7.30. The highest BCUT2D eigenvalue weighted by Crippen LogP contribution is 2.37. The van der Waals surface area contributed by atoms with Crippen molar-refractivity contribution in [2.75, 3.05) is 19.6 Å². The van der Waals surface area contributed by atoms with Crippen LogP contribution in [0.3, 0.4) is 0 Å². The molecule has 2 aliphatic heterocycles. The highest BCUT2D eigenvalue weighted by molar-refractivity contribution is 5.85. The summed E-state index contributed by atoms with van der Waals surface area (Å²) in [7, 11) is 0. The molecule has 2 heterocycles. The monoisotopic (exact) mass is 363 g/mol. The van der Waals surface area contributed by atoms with Crippen LogP contribution in [0.1, 0.15) is 41.5 Å². The van der Waals surface area contributed by atoms with Crippen molar-refractivity contribution in [1.82, 2.24) is 4.90 Å². The number of ether oxygens (including phenoxy) is 1. The minimum absolute atomic E-state index is 0.0238. The van der Waals surface area contributed by atoms with Gasteiger partial charge >= 0.3 is 5.97 Å². The van der Waals surface area contributed by atoms with E-state index >= 15 is 0 Å². The van der Waals surface area contributed by atoms with Crippen molar-refractivity contribution >= 4 is 11.5 Å². The third kappa shape index (κ3) is 4.06. The van der Waals surface area contributed by atoms with Gasteiger partial charge in [-0.25, -0.2) is 0 Å². The molecule has 2 aromatic rings. The summed E-state index contributed by atoms with van der Waals surface area (Å²) in [5, 5.41) is 9.16. The van der Waals surface area contributed by atoms with Crippen LogP contribution in [0.2, 0.25) is 0 Å². The lowest BCUT2D eigenvalue weighted by Crippen LogP contribution is -2.19. The van der Waals surface area contributed by atoms with Gasteiger partial charge < -0.3 is 14.7 Å². The maximum Gasteiger partial charge on any atom is 0.307 e. The van der Waals surface area contributed by atoms with Gasteiger partial charge in [0.15, 0.2) is 0 Å². The molecule has 1 fully saturated rings. The molecular weight excluding hydrogens is 338 g/mol. The Balaban J connectivity index is 1.71. The molecule has 27 heavy (non-hydrogen) atoms. The summed E-state index contributed by atoms with van der Waals surface area (Å²) in [5.74, 6) is 0.0113. The van der Waals surface area contributed by atoms with E-state index < -0.39 is 5.97 Å². The lowest BCUT2D eigenvalue weighted by Gasteiger charge is -2.15. The molecule has 4 rings (SSSR count). The molecule has 1 saturated heterocycles. The number of carbonyl (C=O) groups is 1. The van der Waals surface area contributed by atoms with Crippen molar-refractivity contribution < 1.29 is 14.6 Å². The average molecular weight is 363 g/mol. The first-order valence-electron chi connectivity index (χ1n) is 9.69. The second kappa shape index (κ2) is 7.97. The fraction of sp³-hybridized carbons (Fsp3) is 0.348. The molecule has 0 bridgehead atoms. The van der Waals surface area contributed by atoms with Gasteiger partial charge in [0.05, 0.1) is 6.42 Å². The van der Waals surface area contributed by atoms with Crippen LogP contribution in [0.15, 0.2) is 48.5 Å². The summed E-state index contributed by atoms with van der Waals surface area (Å²) >= 11 is 0. The number of likely N-dealkylation sites (tertiary alicyclic amines) is 1. The minimum Gasteiger partial charge on any atom is -0.488 e. The number of hydrogen-bond donors (Lipinski definition) is 1. The van der Waals surface area contributed by atoms with E-state index in [-0.39, 0.29) is 6.42 Å². The molecule has 0 unspecified atom stereocenters. The van der Waals surface area contributed by atoms with Crippen molar-refractivity contribution in [3.8, 4) is 5.75 Å². The minimum atomic E-state index is -0.815. The number of carboxylic acid groups (broad SMARTS) is 1. The number of aliphatic carboxylic acids is 1. The molecule has 4 heteroatoms. The molecule has 0 radical (unpaired) electrons. The third-order valence-corrected chi connectivity index (χ3v) is 5.37. The molecule has 0 aromatic heterocycles. The lowest BCUT2D eigenvalue weighted by atomic mass is 9.92. The zero-order valence-corrected chi connectivity index (χ0v) is 15.5. The SMILES string of the molecule is O=C(O)Cc1ccc2c(c1)/C(=C\CCN1CCCC1)c1ccccc1CO2. The number of nitrogens with zero attached hydrogens (tertiary/aromatic N) is 1. The van der Waals surface area contributed by atoms with Crippen LogP contribution in [-0.2, 0) is 17.8 Å². The van der Waals surface area contributed by atoms with Gasteiger partial charge in [-0.05, 0) is 66.7 Å². The molecule has 1 N–H and O–H groups in total. The smallest absolute Gasteiger partial charge is 0.307 e. The molecule has 2 aliphatic rings. The molecule has 0 amide bonds. The topological polar surface area (TPSA) is 49.8 Å². The summed E-state index contributed by atoms with van der Waals surface area (Å²) in [5.41, 5.74) is 5.31. The lowest BCUT2D eigenvalue weighted by molar-refractivity contribution is -0.136. The van der Waals surface area contributed by atoms with E-state index in [0.717, 1.165) is 35.4 Å². The molecule has 2 aromatic carbocycles. The van der Waals surface area contributed by atoms with Gasteiger partial charge in [0.25, 0.3) is 0 Å². The van der Waals surface area contributed by atoms with E-state index in [0.29, 0.717) is 6.61 Å². The van der Waals surface area contributed by atoms with Crippen LogP contribution in [0.4, 0.5) is 0 Å². The Hall–Kier alpha value is -2.59. The third-order valence-electron chi connectivity index (χ3n) is 5.37. The van der Waals surface area contributed by atoms with E-state index in [9.17, 15) is 4.79 Å². The predicted octanol–water partition coefficient (Wildman–Crippen LogP) is 4.12. The number of benzene rings is 2. The van der Waals surface area contributed by atoms with E-state index in [1.807, 2.05) is 24.3 Å². The first kappa shape index (κ1) is 17.8. The summed E-state index contributed by atoms with van der Waals surface area (Å²) in [4.78, 5) is 13.7. The maximum absolute atomic E-state index is 11.2. The highest BCUT2D eigenvalue weighted by Gasteiger charge is 2.20. The molecule has 0 atom stereocenters. The van der Waals surface area contributed by atoms with Gasteiger partial charge in [0.1, 0.15) is 12.4 Å². The Morgan fingerprint density at radius 3 is 2.74 bits per heavy atom. The number of rotatable bonds is 5. The van der Waals surface area contributed by atoms with Crippen molar-refractivity contribution in [1.29, 1.82) is 0 Å². The Morgan fingerprint density at radius 2 is 1.93 bits per heavy atom. The van der Waals surface area contributed by atoms with Crippen LogP contribution in [-0.4, -0.2) is 35.6 Å². The van der Waals surface area contributed by atoms with Crippen LogP contribution < -0.4 is 4.74 Å². The summed E-state index contributed by atoms with van der Waals surface area (Å²) in [6.45, 7) is 3.99. The largest absolute Gasteiger partial charge is 0.488 e. The predicted molar refractivity (Wildman–Crippen MR) is 106 cm³/mol. The average Bonchev–Trinajstić information content (AvgIpc) is 3.12. The fourth-order valence-corrected chi connectivity index (χ4v) is 4.03. The van der Waals surface area contributed by atoms with Gasteiger partial charge in [-0.1, -0.05) is 36.4 Å². The molecule has 0 aliphatic carbocycles. The Kier molecular flexibility index (Phi) is 5.26. The first-order chi connectivity index (χ1) is 13.2. The molecule has 0 spiro atoms. The molecule has 0 saturated carbocycles. The van der Waals surface area contributed by atoms with Gasteiger partial charge in [0.2, 0.25) is 0 Å². The van der Waals surface area contributed by atoms with Crippen molar-refractivity contribution in [2.24, 2.45) is 0 Å². The van der Waals surface area contributed by atoms with E-state index in [1.54, 1.807) is 0 Å². The van der Waals surface area contributed by atoms with Gasteiger partial charge in [-0.3, -0.25) is 4.79 Å². The van der Waals surface area contributed by atoms with Gasteiger partial charge in [0, 0.05) is 12.1 Å². The maximum atomic E-state index is 11.2. The molecular formula is C23H25NO3. The Bertz CT molecular complexity index is 866. The molecule has 4 nitrogen and oxygen atoms in total. The van der Waals surface area contributed by atoms with Crippen LogP contribution in [0.5, 0.6) is 5.75 Å². The Labute approximate surface area is 160 Å². The van der Waals surface area contributed by atoms with E-state index in [4.69, 9.17) is 9.84 Å². The van der Waals surface area contributed by atoms with E-state index in [2.05, 4.69) is 29.2 Å². The summed E-state index contributed by atoms with van der Waals surface area (Å²) < 4.78 is 6.05. The second-order valence-corrected chi connectivity index (χ2v) is 7.30. The van der Waals surface area contributed by atoms with Crippen LogP contribution in [0, 0.1) is 0 Å². The summed E-state index contributed by atoms with van der Waals surface area (Å²) in [6.07, 6.45) is 5.90. The zero-order valence-electron chi connectivity index (χ0n) is 15.5. The summed E-state index contributed by atoms with van der Waals surface area (Å²) in [6, 6.07) is 14.1. The highest BCUT2D eigenvalue weighted by atomic mass is 16.5. The van der Waals surface area contributed by atoms with Gasteiger partial charge in [-0.15, -0.1) is 0 Å². The van der Waals surface area contributed by atoms with Crippen LogP contribution >= 0.6 is 0 Å². The zero-order chi connectivity index (χ0) is 18.6. The fourth-order valence-electron chi connectivity index (χ4n) is 4.03. The van der Waals surface area contributed by atoms with Crippen molar-refractivity contribution in [3.05, 3.63) is 70.8 Å². The quantitative estimate of drug-likeness (QED) is 0.868. The van der Waals surface area contributed by atoms with Gasteiger partial charge in [-0.2, -0.15) is 0 Å². The number of hydrogen-bond acceptors (Lipinski definition) is 3. The normalized spacial score (nSPS) is 17.9. The van der Waals surface area contributed by atoms with E-state index in [1.165, 1.54) is 37.1 Å². The molecule has 140 valence electrons.